The van der Waals surface area contributed by atoms with Crippen molar-refractivity contribution in [3.05, 3.63) is 88.3 Å². The molecule has 37 heavy (non-hydrogen) atoms. The number of hydrogen-bond acceptors (Lipinski definition) is 5. The fourth-order valence-electron chi connectivity index (χ4n) is 3.58. The Bertz CT molecular complexity index is 1270. The van der Waals surface area contributed by atoms with Crippen LogP contribution < -0.4 is 10.1 Å². The molecular weight excluding hydrogens is 501 g/mol. The van der Waals surface area contributed by atoms with Crippen LogP contribution in [0.4, 0.5) is 4.39 Å². The highest BCUT2D eigenvalue weighted by Gasteiger charge is 2.24. The lowest BCUT2D eigenvalue weighted by Gasteiger charge is -2.16. The molecule has 1 aliphatic heterocycles. The normalized spacial score (nSPS) is 15.4. The number of carbonyl (C=O) groups is 3. The zero-order valence-electron chi connectivity index (χ0n) is 20.6. The maximum Gasteiger partial charge on any atom is 0.335 e. The van der Waals surface area contributed by atoms with Gasteiger partial charge in [0, 0.05) is 31.8 Å². The smallest absolute Gasteiger partial charge is 0.335 e. The van der Waals surface area contributed by atoms with Crippen LogP contribution >= 0.6 is 11.6 Å². The Labute approximate surface area is 219 Å². The van der Waals surface area contributed by atoms with Crippen LogP contribution in [-0.2, 0) is 4.79 Å². The van der Waals surface area contributed by atoms with Gasteiger partial charge in [-0.25, -0.2) is 14.2 Å². The van der Waals surface area contributed by atoms with Crippen LogP contribution in [0.1, 0.15) is 52.6 Å². The molecule has 194 valence electrons. The van der Waals surface area contributed by atoms with Gasteiger partial charge in [-0.05, 0) is 49.2 Å². The van der Waals surface area contributed by atoms with Gasteiger partial charge in [0.1, 0.15) is 17.1 Å². The highest BCUT2D eigenvalue weighted by Crippen LogP contribution is 2.26. The summed E-state index contributed by atoms with van der Waals surface area (Å²) in [6.07, 6.45) is 2.36. The second kappa shape index (κ2) is 12.3. The molecule has 1 aliphatic rings. The number of ether oxygens (including phenoxy) is 1. The van der Waals surface area contributed by atoms with Crippen molar-refractivity contribution in [1.82, 2.24) is 15.2 Å². The van der Waals surface area contributed by atoms with Crippen molar-refractivity contribution in [2.45, 2.75) is 26.3 Å². The van der Waals surface area contributed by atoms with Crippen molar-refractivity contribution in [1.29, 1.82) is 0 Å². The summed E-state index contributed by atoms with van der Waals surface area (Å²) in [5, 5.41) is 12.0. The predicted octanol–water partition coefficient (Wildman–Crippen LogP) is 5.34. The molecule has 2 amide bonds. The molecule has 2 aromatic carbocycles. The van der Waals surface area contributed by atoms with Gasteiger partial charge in [0.25, 0.3) is 5.91 Å². The average molecular weight is 528 g/mol. The Hall–Kier alpha value is -3.98. The van der Waals surface area contributed by atoms with Gasteiger partial charge in [0.2, 0.25) is 11.8 Å². The lowest BCUT2D eigenvalue weighted by Crippen LogP contribution is -2.27. The zero-order chi connectivity index (χ0) is 27.1. The van der Waals surface area contributed by atoms with Gasteiger partial charge in [-0.15, -0.1) is 0 Å². The van der Waals surface area contributed by atoms with E-state index < -0.39 is 23.7 Å². The van der Waals surface area contributed by atoms with E-state index in [1.807, 2.05) is 14.0 Å². The third kappa shape index (κ3) is 7.50. The average Bonchev–Trinajstić information content (AvgIpc) is 3.16. The molecule has 1 unspecified atom stereocenters. The lowest BCUT2D eigenvalue weighted by atomic mass is 10.1. The van der Waals surface area contributed by atoms with Crippen LogP contribution in [0.25, 0.3) is 0 Å². The number of likely N-dealkylation sites (tertiary alicyclic amines) is 1. The van der Waals surface area contributed by atoms with Crippen molar-refractivity contribution >= 4 is 29.4 Å². The van der Waals surface area contributed by atoms with Gasteiger partial charge in [-0.3, -0.25) is 9.59 Å². The van der Waals surface area contributed by atoms with Crippen LogP contribution in [-0.4, -0.2) is 46.4 Å². The fraction of sp³-hybridized carbons (Fsp3) is 0.259. The second-order valence-corrected chi connectivity index (χ2v) is 9.07. The molecule has 0 spiro atoms. The number of hydrogen-bond donors (Lipinski definition) is 2. The lowest BCUT2D eigenvalue weighted by molar-refractivity contribution is -0.129. The molecular formula is C27H27ClFN3O5. The number of carbonyl (C=O) groups excluding carboxylic acids is 2. The number of pyridine rings is 1. The van der Waals surface area contributed by atoms with E-state index in [4.69, 9.17) is 21.4 Å². The summed E-state index contributed by atoms with van der Waals surface area (Å²) in [6, 6.07) is 12.6. The first-order valence-electron chi connectivity index (χ1n) is 11.5. The van der Waals surface area contributed by atoms with E-state index in [0.717, 1.165) is 13.0 Å². The van der Waals surface area contributed by atoms with Crippen LogP contribution in [0.2, 0.25) is 5.02 Å². The Balaban J connectivity index is 0.000000405. The van der Waals surface area contributed by atoms with E-state index in [9.17, 15) is 18.8 Å². The van der Waals surface area contributed by atoms with Crippen molar-refractivity contribution < 1.29 is 28.6 Å². The van der Waals surface area contributed by atoms with E-state index in [1.54, 1.807) is 24.0 Å². The van der Waals surface area contributed by atoms with Gasteiger partial charge < -0.3 is 20.1 Å². The quantitative estimate of drug-likeness (QED) is 0.448. The van der Waals surface area contributed by atoms with Gasteiger partial charge >= 0.3 is 5.97 Å². The Kier molecular flexibility index (Phi) is 9.19. The number of carboxylic acid groups (broad SMARTS) is 1. The summed E-state index contributed by atoms with van der Waals surface area (Å²) in [6.45, 7) is 4.67. The van der Waals surface area contributed by atoms with E-state index in [-0.39, 0.29) is 33.7 Å². The van der Waals surface area contributed by atoms with E-state index in [2.05, 4.69) is 10.3 Å². The van der Waals surface area contributed by atoms with Crippen LogP contribution in [0.5, 0.6) is 11.6 Å². The Morgan fingerprint density at radius 2 is 1.92 bits per heavy atom. The zero-order valence-corrected chi connectivity index (χ0v) is 21.3. The van der Waals surface area contributed by atoms with Crippen LogP contribution in [0, 0.1) is 11.7 Å². The maximum atomic E-state index is 13.4. The van der Waals surface area contributed by atoms with Crippen molar-refractivity contribution in [2.75, 3.05) is 13.6 Å². The summed E-state index contributed by atoms with van der Waals surface area (Å²) in [5.41, 5.74) is 0.943. The minimum absolute atomic E-state index is 0.0223. The molecule has 1 fully saturated rings. The van der Waals surface area contributed by atoms with Gasteiger partial charge in [0.05, 0.1) is 16.6 Å². The largest absolute Gasteiger partial charge is 0.478 e. The van der Waals surface area contributed by atoms with Gasteiger partial charge in [0.15, 0.2) is 0 Å². The molecule has 0 radical (unpaired) electrons. The number of amides is 2. The molecule has 2 heterocycles. The Morgan fingerprint density at radius 1 is 1.22 bits per heavy atom. The van der Waals surface area contributed by atoms with Crippen LogP contribution in [0.3, 0.4) is 0 Å². The first kappa shape index (κ1) is 27.6. The number of rotatable bonds is 6. The molecule has 8 nitrogen and oxygen atoms in total. The van der Waals surface area contributed by atoms with E-state index in [1.165, 1.54) is 48.7 Å². The number of carboxylic acids is 1. The summed E-state index contributed by atoms with van der Waals surface area (Å²) >= 11 is 5.98. The first-order chi connectivity index (χ1) is 17.5. The third-order valence-corrected chi connectivity index (χ3v) is 5.98. The monoisotopic (exact) mass is 527 g/mol. The molecule has 3 aromatic rings. The van der Waals surface area contributed by atoms with Crippen molar-refractivity contribution in [2.24, 2.45) is 5.92 Å². The molecule has 0 aliphatic carbocycles. The van der Waals surface area contributed by atoms with E-state index in [0.29, 0.717) is 11.5 Å². The SMILES string of the molecule is CC1CCN(C)C1=O.C[C@H](NC(=O)c1cc(Cl)cnc1Oc1cccc(F)c1)c1ccc(C(=O)O)cc1. The summed E-state index contributed by atoms with van der Waals surface area (Å²) in [4.78, 5) is 40.4. The summed E-state index contributed by atoms with van der Waals surface area (Å²) < 4.78 is 19.0. The Morgan fingerprint density at radius 3 is 2.46 bits per heavy atom. The fourth-order valence-corrected chi connectivity index (χ4v) is 3.74. The topological polar surface area (TPSA) is 109 Å². The minimum atomic E-state index is -1.03. The number of nitrogens with zero attached hydrogens (tertiary/aromatic N) is 2. The standard InChI is InChI=1S/C21H16ClFN2O4.C6H11NO/c1-12(13-5-7-14(8-6-13)21(27)28)25-19(26)18-9-15(22)11-24-20(18)29-17-4-2-3-16(23)10-17;1-5-3-4-7(2)6(5)8/h2-12H,1H3,(H,25,26)(H,27,28);5H,3-4H2,1-2H3/t12-;/m0./s1. The molecule has 10 heteroatoms. The van der Waals surface area contributed by atoms with Gasteiger partial charge in [-0.1, -0.05) is 36.7 Å². The van der Waals surface area contributed by atoms with Crippen molar-refractivity contribution in [3.8, 4) is 11.6 Å². The number of halogens is 2. The van der Waals surface area contributed by atoms with Crippen LogP contribution in [0.15, 0.2) is 60.8 Å². The number of aromatic carboxylic acids is 1. The number of benzene rings is 2. The highest BCUT2D eigenvalue weighted by atomic mass is 35.5. The predicted molar refractivity (Wildman–Crippen MR) is 136 cm³/mol. The molecule has 2 atom stereocenters. The second-order valence-electron chi connectivity index (χ2n) is 8.64. The maximum absolute atomic E-state index is 13.4. The molecule has 1 aromatic heterocycles. The summed E-state index contributed by atoms with van der Waals surface area (Å²) in [7, 11) is 1.85. The summed E-state index contributed by atoms with van der Waals surface area (Å²) in [5.74, 6) is -1.28. The molecule has 0 bridgehead atoms. The molecule has 0 saturated carbocycles. The van der Waals surface area contributed by atoms with E-state index >= 15 is 0 Å². The number of nitrogens with one attached hydrogen (secondary N) is 1. The third-order valence-electron chi connectivity index (χ3n) is 5.77. The molecule has 4 rings (SSSR count). The minimum Gasteiger partial charge on any atom is -0.478 e. The highest BCUT2D eigenvalue weighted by molar-refractivity contribution is 6.30. The van der Waals surface area contributed by atoms with Crippen molar-refractivity contribution in [3.63, 3.8) is 0 Å². The molecule has 1 saturated heterocycles. The first-order valence-corrected chi connectivity index (χ1v) is 11.9. The number of aromatic nitrogens is 1. The molecule has 2 N–H and O–H groups in total. The van der Waals surface area contributed by atoms with Gasteiger partial charge in [-0.2, -0.15) is 0 Å².